The van der Waals surface area contributed by atoms with Crippen LogP contribution < -0.4 is 4.74 Å². The molecule has 0 aromatic carbocycles. The second kappa shape index (κ2) is 6.67. The first kappa shape index (κ1) is 14.2. The molecule has 0 aliphatic carbocycles. The monoisotopic (exact) mass is 229 g/mol. The maximum absolute atomic E-state index is 5.92. The molecule has 0 bridgehead atoms. The van der Waals surface area contributed by atoms with Crippen LogP contribution in [0.4, 0.5) is 0 Å². The molecule has 0 unspecified atom stereocenters. The third-order valence-electron chi connectivity index (χ3n) is 1.91. The summed E-state index contributed by atoms with van der Waals surface area (Å²) < 4.78 is 5.05. The van der Waals surface area contributed by atoms with Gasteiger partial charge < -0.3 is 4.74 Å². The van der Waals surface area contributed by atoms with Crippen LogP contribution in [0.25, 0.3) is 0 Å². The Hall–Kier alpha value is -0.760. The van der Waals surface area contributed by atoms with E-state index in [0.29, 0.717) is 16.8 Å². The van der Waals surface area contributed by atoms with Crippen LogP contribution in [-0.4, -0.2) is 12.1 Å². The van der Waals surface area contributed by atoms with Crippen molar-refractivity contribution in [3.05, 3.63) is 22.3 Å². The van der Waals surface area contributed by atoms with E-state index in [-0.39, 0.29) is 0 Å². The van der Waals surface area contributed by atoms with E-state index in [2.05, 4.69) is 18.8 Å². The number of rotatable bonds is 2. The molecule has 0 fully saturated rings. The van der Waals surface area contributed by atoms with Crippen molar-refractivity contribution in [3.8, 4) is 5.88 Å². The number of aromatic nitrogens is 1. The number of hydrogen-bond acceptors (Lipinski definition) is 2. The Balaban J connectivity index is 0.000000921. The minimum atomic E-state index is 0.395. The van der Waals surface area contributed by atoms with E-state index in [1.54, 1.807) is 7.11 Å². The number of aryl methyl sites for hydroxylation is 1. The SMILES string of the molecule is CC.COc1nc(C(C)C)c(C)cc1Cl. The number of methoxy groups -OCH3 is 1. The van der Waals surface area contributed by atoms with E-state index < -0.39 is 0 Å². The number of halogens is 1. The highest BCUT2D eigenvalue weighted by Crippen LogP contribution is 2.27. The van der Waals surface area contributed by atoms with Crippen LogP contribution in [0.2, 0.25) is 5.02 Å². The van der Waals surface area contributed by atoms with E-state index in [1.807, 2.05) is 26.8 Å². The first-order chi connectivity index (χ1) is 7.06. The van der Waals surface area contributed by atoms with Crippen molar-refractivity contribution >= 4 is 11.6 Å². The standard InChI is InChI=1S/C10H14ClNO.C2H6/c1-6(2)9-7(3)5-8(11)10(12-9)13-4;1-2/h5-6H,1-4H3;1-2H3. The van der Waals surface area contributed by atoms with Gasteiger partial charge in [-0.2, -0.15) is 0 Å². The summed E-state index contributed by atoms with van der Waals surface area (Å²) in [5.41, 5.74) is 2.15. The van der Waals surface area contributed by atoms with Gasteiger partial charge in [-0.25, -0.2) is 4.98 Å². The van der Waals surface area contributed by atoms with Gasteiger partial charge in [0.05, 0.1) is 7.11 Å². The molecule has 15 heavy (non-hydrogen) atoms. The summed E-state index contributed by atoms with van der Waals surface area (Å²) in [5, 5.41) is 0.574. The molecule has 0 saturated heterocycles. The lowest BCUT2D eigenvalue weighted by atomic mass is 10.1. The smallest absolute Gasteiger partial charge is 0.232 e. The van der Waals surface area contributed by atoms with E-state index in [0.717, 1.165) is 11.3 Å². The molecule has 0 radical (unpaired) electrons. The molecule has 0 aliphatic heterocycles. The second-order valence-corrected chi connectivity index (χ2v) is 3.74. The van der Waals surface area contributed by atoms with Crippen molar-refractivity contribution in [2.24, 2.45) is 0 Å². The van der Waals surface area contributed by atoms with Gasteiger partial charge in [-0.1, -0.05) is 39.3 Å². The molecule has 0 atom stereocenters. The lowest BCUT2D eigenvalue weighted by Gasteiger charge is -2.11. The molecule has 0 spiro atoms. The predicted molar refractivity (Wildman–Crippen MR) is 66.0 cm³/mol. The van der Waals surface area contributed by atoms with Crippen molar-refractivity contribution in [3.63, 3.8) is 0 Å². The van der Waals surface area contributed by atoms with Crippen LogP contribution in [0.3, 0.4) is 0 Å². The fourth-order valence-electron chi connectivity index (χ4n) is 1.30. The highest BCUT2D eigenvalue weighted by atomic mass is 35.5. The third kappa shape index (κ3) is 3.71. The van der Waals surface area contributed by atoms with Crippen molar-refractivity contribution in [1.82, 2.24) is 4.98 Å². The Labute approximate surface area is 97.6 Å². The maximum atomic E-state index is 5.92. The van der Waals surface area contributed by atoms with Crippen LogP contribution in [0, 0.1) is 6.92 Å². The molecule has 1 heterocycles. The zero-order valence-corrected chi connectivity index (χ0v) is 11.1. The summed E-state index contributed by atoms with van der Waals surface area (Å²) >= 11 is 5.92. The first-order valence-electron chi connectivity index (χ1n) is 5.27. The van der Waals surface area contributed by atoms with Crippen LogP contribution >= 0.6 is 11.6 Å². The molecule has 0 aliphatic rings. The first-order valence-corrected chi connectivity index (χ1v) is 5.65. The molecule has 86 valence electrons. The van der Waals surface area contributed by atoms with Gasteiger partial charge in [-0.05, 0) is 24.5 Å². The third-order valence-corrected chi connectivity index (χ3v) is 2.18. The van der Waals surface area contributed by atoms with Gasteiger partial charge in [0.1, 0.15) is 5.02 Å². The zero-order chi connectivity index (χ0) is 12.0. The van der Waals surface area contributed by atoms with E-state index in [1.165, 1.54) is 0 Å². The Morgan fingerprint density at radius 1 is 1.33 bits per heavy atom. The molecule has 0 N–H and O–H groups in total. The average molecular weight is 230 g/mol. The minimum absolute atomic E-state index is 0.395. The molecular formula is C12H20ClNO. The van der Waals surface area contributed by atoms with Gasteiger partial charge in [0.25, 0.3) is 0 Å². The highest BCUT2D eigenvalue weighted by Gasteiger charge is 2.10. The van der Waals surface area contributed by atoms with E-state index in [9.17, 15) is 0 Å². The van der Waals surface area contributed by atoms with Gasteiger partial charge in [-0.3, -0.25) is 0 Å². The van der Waals surface area contributed by atoms with Crippen LogP contribution in [0.5, 0.6) is 5.88 Å². The Kier molecular flexibility index (Phi) is 6.34. The molecule has 1 aromatic rings. The highest BCUT2D eigenvalue weighted by molar-refractivity contribution is 6.31. The topological polar surface area (TPSA) is 22.1 Å². The normalized spacial score (nSPS) is 9.60. The lowest BCUT2D eigenvalue weighted by molar-refractivity contribution is 0.395. The van der Waals surface area contributed by atoms with Gasteiger partial charge >= 0.3 is 0 Å². The van der Waals surface area contributed by atoms with E-state index >= 15 is 0 Å². The van der Waals surface area contributed by atoms with Crippen molar-refractivity contribution in [2.75, 3.05) is 7.11 Å². The van der Waals surface area contributed by atoms with Crippen LogP contribution in [-0.2, 0) is 0 Å². The fourth-order valence-corrected chi connectivity index (χ4v) is 1.59. The molecule has 1 rings (SSSR count). The summed E-state index contributed by atoms with van der Waals surface area (Å²) in [7, 11) is 1.58. The summed E-state index contributed by atoms with van der Waals surface area (Å²) in [5.74, 6) is 0.905. The molecule has 0 amide bonds. The molecule has 3 heteroatoms. The number of hydrogen-bond donors (Lipinski definition) is 0. The Morgan fingerprint density at radius 3 is 2.27 bits per heavy atom. The fraction of sp³-hybridized carbons (Fsp3) is 0.583. The molecular weight excluding hydrogens is 210 g/mol. The summed E-state index contributed by atoms with van der Waals surface area (Å²) in [4.78, 5) is 4.34. The van der Waals surface area contributed by atoms with Crippen molar-refractivity contribution in [2.45, 2.75) is 40.5 Å². The summed E-state index contributed by atoms with van der Waals surface area (Å²) in [6, 6.07) is 1.89. The van der Waals surface area contributed by atoms with Gasteiger partial charge in [-0.15, -0.1) is 0 Å². The lowest BCUT2D eigenvalue weighted by Crippen LogP contribution is -1.99. The van der Waals surface area contributed by atoms with Gasteiger partial charge in [0, 0.05) is 5.69 Å². The maximum Gasteiger partial charge on any atom is 0.232 e. The molecule has 1 aromatic heterocycles. The molecule has 2 nitrogen and oxygen atoms in total. The summed E-state index contributed by atoms with van der Waals surface area (Å²) in [6.45, 7) is 10.2. The Morgan fingerprint density at radius 2 is 1.87 bits per heavy atom. The largest absolute Gasteiger partial charge is 0.480 e. The number of pyridine rings is 1. The minimum Gasteiger partial charge on any atom is -0.480 e. The van der Waals surface area contributed by atoms with Crippen LogP contribution in [0.1, 0.15) is 44.9 Å². The number of nitrogens with zero attached hydrogens (tertiary/aromatic N) is 1. The predicted octanol–water partition coefficient (Wildman–Crippen LogP) is 4.20. The van der Waals surface area contributed by atoms with Gasteiger partial charge in [0.2, 0.25) is 5.88 Å². The Bertz CT molecular complexity index is 311. The second-order valence-electron chi connectivity index (χ2n) is 3.34. The van der Waals surface area contributed by atoms with Crippen molar-refractivity contribution < 1.29 is 4.74 Å². The van der Waals surface area contributed by atoms with Crippen LogP contribution in [0.15, 0.2) is 6.07 Å². The zero-order valence-electron chi connectivity index (χ0n) is 10.4. The van der Waals surface area contributed by atoms with E-state index in [4.69, 9.17) is 16.3 Å². The average Bonchev–Trinajstić information content (AvgIpc) is 2.20. The molecule has 0 saturated carbocycles. The summed E-state index contributed by atoms with van der Waals surface area (Å²) in [6.07, 6.45) is 0. The number of ether oxygens (including phenoxy) is 1. The quantitative estimate of drug-likeness (QED) is 0.758. The van der Waals surface area contributed by atoms with Crippen molar-refractivity contribution in [1.29, 1.82) is 0 Å². The van der Waals surface area contributed by atoms with Gasteiger partial charge in [0.15, 0.2) is 0 Å².